The van der Waals surface area contributed by atoms with Crippen LogP contribution in [-0.2, 0) is 16.1 Å². The van der Waals surface area contributed by atoms with E-state index in [2.05, 4.69) is 10.6 Å². The molecule has 0 aromatic heterocycles. The predicted molar refractivity (Wildman–Crippen MR) is 97.0 cm³/mol. The number of carbonyl (C=O) groups is 2. The van der Waals surface area contributed by atoms with Crippen molar-refractivity contribution in [3.05, 3.63) is 35.6 Å². The van der Waals surface area contributed by atoms with Crippen molar-refractivity contribution in [2.45, 2.75) is 49.9 Å². The second-order valence-corrected chi connectivity index (χ2v) is 9.28. The summed E-state index contributed by atoms with van der Waals surface area (Å²) in [4.78, 5) is 24.7. The SMILES string of the molecule is O=C(CNC(=O)C12C[C@@H]3C[C@@H](CC(Cl)(C3)C1)C2)NCc1ccc(F)cc1. The molecule has 4 aliphatic rings. The van der Waals surface area contributed by atoms with E-state index in [-0.39, 0.29) is 34.5 Å². The quantitative estimate of drug-likeness (QED) is 0.773. The Morgan fingerprint density at radius 2 is 1.73 bits per heavy atom. The molecule has 4 saturated carbocycles. The minimum absolute atomic E-state index is 0.0199. The first-order chi connectivity index (χ1) is 12.4. The molecule has 0 radical (unpaired) electrons. The monoisotopic (exact) mass is 378 g/mol. The molecule has 2 N–H and O–H groups in total. The molecule has 2 unspecified atom stereocenters. The Labute approximate surface area is 157 Å². The van der Waals surface area contributed by atoms with E-state index in [0.29, 0.717) is 18.4 Å². The second kappa shape index (κ2) is 6.52. The minimum atomic E-state index is -0.386. The smallest absolute Gasteiger partial charge is 0.239 e. The zero-order valence-electron chi connectivity index (χ0n) is 14.7. The number of hydrogen-bond acceptors (Lipinski definition) is 2. The molecule has 2 amide bonds. The van der Waals surface area contributed by atoms with Crippen molar-refractivity contribution < 1.29 is 14.0 Å². The number of rotatable bonds is 5. The number of halogens is 2. The summed E-state index contributed by atoms with van der Waals surface area (Å²) in [5.41, 5.74) is 0.430. The van der Waals surface area contributed by atoms with Crippen molar-refractivity contribution in [3.63, 3.8) is 0 Å². The topological polar surface area (TPSA) is 58.2 Å². The molecule has 6 heteroatoms. The summed E-state index contributed by atoms with van der Waals surface area (Å²) >= 11 is 6.77. The average molecular weight is 379 g/mol. The molecule has 4 fully saturated rings. The number of benzene rings is 1. The van der Waals surface area contributed by atoms with E-state index in [0.717, 1.165) is 37.7 Å². The molecule has 26 heavy (non-hydrogen) atoms. The van der Waals surface area contributed by atoms with Crippen LogP contribution in [-0.4, -0.2) is 23.2 Å². The standard InChI is InChI=1S/C20H24ClFN2O2/c21-20-8-14-5-15(9-20)7-19(6-14,12-20)18(26)24-11-17(25)23-10-13-1-3-16(22)4-2-13/h1-4,14-15H,5-12H2,(H,23,25)(H,24,26)/t14-,15+,19?,20?. The van der Waals surface area contributed by atoms with Gasteiger partial charge in [0, 0.05) is 11.4 Å². The molecule has 0 saturated heterocycles. The summed E-state index contributed by atoms with van der Waals surface area (Å²) in [7, 11) is 0. The maximum absolute atomic E-state index is 12.9. The van der Waals surface area contributed by atoms with Crippen LogP contribution in [0.25, 0.3) is 0 Å². The molecule has 0 heterocycles. The first-order valence-electron chi connectivity index (χ1n) is 9.34. The van der Waals surface area contributed by atoms with Gasteiger partial charge >= 0.3 is 0 Å². The fourth-order valence-corrected chi connectivity index (χ4v) is 6.32. The van der Waals surface area contributed by atoms with Crippen LogP contribution >= 0.6 is 11.6 Å². The lowest BCUT2D eigenvalue weighted by atomic mass is 9.49. The molecule has 1 aromatic rings. The van der Waals surface area contributed by atoms with E-state index < -0.39 is 0 Å². The fraction of sp³-hybridized carbons (Fsp3) is 0.600. The van der Waals surface area contributed by atoms with Crippen LogP contribution in [0.3, 0.4) is 0 Å². The zero-order chi connectivity index (χ0) is 18.4. The van der Waals surface area contributed by atoms with Crippen molar-refractivity contribution in [1.29, 1.82) is 0 Å². The molecule has 4 nitrogen and oxygen atoms in total. The third-order valence-corrected chi connectivity index (χ3v) is 6.73. The van der Waals surface area contributed by atoms with Gasteiger partial charge in [0.2, 0.25) is 11.8 Å². The van der Waals surface area contributed by atoms with Crippen molar-refractivity contribution in [3.8, 4) is 0 Å². The molecule has 4 atom stereocenters. The molecule has 1 aromatic carbocycles. The van der Waals surface area contributed by atoms with Gasteiger partial charge in [-0.25, -0.2) is 4.39 Å². The normalized spacial score (nSPS) is 34.5. The lowest BCUT2D eigenvalue weighted by molar-refractivity contribution is -0.145. The number of hydrogen-bond donors (Lipinski definition) is 2. The van der Waals surface area contributed by atoms with Crippen molar-refractivity contribution >= 4 is 23.4 Å². The van der Waals surface area contributed by atoms with Gasteiger partial charge in [0.05, 0.1) is 12.0 Å². The number of alkyl halides is 1. The summed E-state index contributed by atoms with van der Waals surface area (Å²) in [6.45, 7) is 0.279. The largest absolute Gasteiger partial charge is 0.350 e. The third-order valence-electron chi connectivity index (χ3n) is 6.28. The highest BCUT2D eigenvalue weighted by molar-refractivity contribution is 6.24. The molecular formula is C20H24ClFN2O2. The summed E-state index contributed by atoms with van der Waals surface area (Å²) in [5.74, 6) is 0.528. The van der Waals surface area contributed by atoms with E-state index in [1.165, 1.54) is 18.6 Å². The lowest BCUT2D eigenvalue weighted by Gasteiger charge is -2.59. The van der Waals surface area contributed by atoms with Crippen molar-refractivity contribution in [2.24, 2.45) is 17.3 Å². The van der Waals surface area contributed by atoms with Crippen LogP contribution in [0.1, 0.15) is 44.1 Å². The van der Waals surface area contributed by atoms with Gasteiger partial charge < -0.3 is 10.6 Å². The van der Waals surface area contributed by atoms with Crippen LogP contribution in [0.2, 0.25) is 0 Å². The Balaban J connectivity index is 1.30. The summed E-state index contributed by atoms with van der Waals surface area (Å²) < 4.78 is 12.9. The van der Waals surface area contributed by atoms with Gasteiger partial charge in [-0.1, -0.05) is 12.1 Å². The van der Waals surface area contributed by atoms with Crippen LogP contribution in [0, 0.1) is 23.1 Å². The van der Waals surface area contributed by atoms with Crippen LogP contribution in [0.5, 0.6) is 0 Å². The Morgan fingerprint density at radius 3 is 2.35 bits per heavy atom. The van der Waals surface area contributed by atoms with Crippen LogP contribution in [0.15, 0.2) is 24.3 Å². The van der Waals surface area contributed by atoms with E-state index in [9.17, 15) is 14.0 Å². The van der Waals surface area contributed by atoms with Gasteiger partial charge in [0.1, 0.15) is 5.82 Å². The molecule has 0 spiro atoms. The summed E-state index contributed by atoms with van der Waals surface area (Å²) in [6, 6.07) is 5.98. The van der Waals surface area contributed by atoms with Gasteiger partial charge in [-0.2, -0.15) is 0 Å². The van der Waals surface area contributed by atoms with E-state index in [1.54, 1.807) is 12.1 Å². The maximum atomic E-state index is 12.9. The Hall–Kier alpha value is -1.62. The molecule has 4 aliphatic carbocycles. The maximum Gasteiger partial charge on any atom is 0.239 e. The Bertz CT molecular complexity index is 707. The number of carbonyl (C=O) groups excluding carboxylic acids is 2. The third kappa shape index (κ3) is 3.46. The van der Waals surface area contributed by atoms with Crippen molar-refractivity contribution in [2.75, 3.05) is 6.54 Å². The second-order valence-electron chi connectivity index (χ2n) is 8.48. The van der Waals surface area contributed by atoms with E-state index in [4.69, 9.17) is 11.6 Å². The number of nitrogens with one attached hydrogen (secondary N) is 2. The lowest BCUT2D eigenvalue weighted by Crippen LogP contribution is -2.59. The van der Waals surface area contributed by atoms with Crippen LogP contribution in [0.4, 0.5) is 4.39 Å². The fourth-order valence-electron chi connectivity index (χ4n) is 5.63. The van der Waals surface area contributed by atoms with Crippen molar-refractivity contribution in [1.82, 2.24) is 10.6 Å². The van der Waals surface area contributed by atoms with Gasteiger partial charge in [0.25, 0.3) is 0 Å². The molecule has 5 rings (SSSR count). The molecule has 0 aliphatic heterocycles. The molecule has 4 bridgehead atoms. The van der Waals surface area contributed by atoms with E-state index in [1.807, 2.05) is 0 Å². The first kappa shape index (κ1) is 17.8. The van der Waals surface area contributed by atoms with Gasteiger partial charge in [0.15, 0.2) is 0 Å². The molecule has 140 valence electrons. The Kier molecular flexibility index (Phi) is 4.46. The summed E-state index contributed by atoms with van der Waals surface area (Å²) in [6.07, 6.45) is 5.79. The zero-order valence-corrected chi connectivity index (χ0v) is 15.4. The van der Waals surface area contributed by atoms with E-state index >= 15 is 0 Å². The number of amides is 2. The minimum Gasteiger partial charge on any atom is -0.350 e. The van der Waals surface area contributed by atoms with Gasteiger partial charge in [-0.3, -0.25) is 9.59 Å². The average Bonchev–Trinajstić information content (AvgIpc) is 2.57. The van der Waals surface area contributed by atoms with Gasteiger partial charge in [-0.05, 0) is 68.1 Å². The Morgan fingerprint density at radius 1 is 1.08 bits per heavy atom. The molecular weight excluding hydrogens is 355 g/mol. The predicted octanol–water partition coefficient (Wildman–Crippen LogP) is 3.14. The summed E-state index contributed by atoms with van der Waals surface area (Å²) in [5, 5.41) is 5.59. The first-order valence-corrected chi connectivity index (χ1v) is 9.72. The van der Waals surface area contributed by atoms with Gasteiger partial charge in [-0.15, -0.1) is 11.6 Å². The highest BCUT2D eigenvalue weighted by atomic mass is 35.5. The highest BCUT2D eigenvalue weighted by Gasteiger charge is 2.59. The van der Waals surface area contributed by atoms with Crippen LogP contribution < -0.4 is 10.6 Å². The highest BCUT2D eigenvalue weighted by Crippen LogP contribution is 2.63.